The van der Waals surface area contributed by atoms with Crippen LogP contribution in [0.3, 0.4) is 0 Å². The van der Waals surface area contributed by atoms with Crippen LogP contribution in [0.2, 0.25) is 0 Å². The average molecular weight is 540 g/mol. The number of para-hydroxylation sites is 1. The van der Waals surface area contributed by atoms with Gasteiger partial charge in [-0.2, -0.15) is 10.1 Å². The van der Waals surface area contributed by atoms with E-state index in [-0.39, 0.29) is 22.9 Å². The fraction of sp³-hybridized carbons (Fsp3) is 0.429. The number of anilines is 1. The van der Waals surface area contributed by atoms with E-state index in [1.165, 1.54) is 19.1 Å². The first kappa shape index (κ1) is 26.7. The van der Waals surface area contributed by atoms with Gasteiger partial charge in [-0.05, 0) is 26.0 Å². The molecule has 1 unspecified atom stereocenters. The summed E-state index contributed by atoms with van der Waals surface area (Å²) in [5.41, 5.74) is 2.39. The number of aromatic amines is 1. The molecule has 4 rings (SSSR count). The van der Waals surface area contributed by atoms with E-state index >= 15 is 4.39 Å². The Bertz CT molecular complexity index is 1380. The molecule has 1 aliphatic heterocycles. The number of hydrogen-bond acceptors (Lipinski definition) is 11. The van der Waals surface area contributed by atoms with Crippen LogP contribution in [0.25, 0.3) is 11.2 Å². The Morgan fingerprint density at radius 1 is 1.43 bits per heavy atom. The maximum Gasteiger partial charge on any atom is 0.459 e. The summed E-state index contributed by atoms with van der Waals surface area (Å²) in [6, 6.07) is 6.91. The van der Waals surface area contributed by atoms with Gasteiger partial charge in [-0.3, -0.25) is 23.7 Å². The third-order valence-electron chi connectivity index (χ3n) is 5.70. The Labute approximate surface area is 209 Å². The lowest BCUT2D eigenvalue weighted by Crippen LogP contribution is -2.41. The standard InChI is InChI=1S/C21H26FN6O8P/c1-11(18(31)33-3)27-37(32,36-12-7-5-4-6-8-12)34-9-13-15(29)21(2,22)19(35-13)28-10-24-14-16(28)25-20(23)26-17(14)30/h4-8,10-11,13,15,19,29H,9H2,1-3H3,(H,27,32)(H3,23,25,26,30)/t11-,13+,15+,19+,21+,37?/m0/s1. The zero-order chi connectivity index (χ0) is 27.0. The molecule has 2 aromatic heterocycles. The number of alkyl halides is 1. The Morgan fingerprint density at radius 2 is 2.14 bits per heavy atom. The predicted octanol–water partition coefficient (Wildman–Crippen LogP) is 1.04. The number of nitrogens with one attached hydrogen (secondary N) is 2. The molecular weight excluding hydrogens is 514 g/mol. The van der Waals surface area contributed by atoms with Crippen molar-refractivity contribution in [2.75, 3.05) is 19.5 Å². The summed E-state index contributed by atoms with van der Waals surface area (Å²) in [6.45, 7) is 1.86. The first-order chi connectivity index (χ1) is 17.4. The highest BCUT2D eigenvalue weighted by Gasteiger charge is 2.56. The molecule has 1 aromatic carbocycles. The van der Waals surface area contributed by atoms with Crippen molar-refractivity contribution in [2.45, 2.75) is 44.0 Å². The van der Waals surface area contributed by atoms with Gasteiger partial charge in [-0.1, -0.05) is 18.2 Å². The molecule has 37 heavy (non-hydrogen) atoms. The van der Waals surface area contributed by atoms with E-state index in [1.54, 1.807) is 18.2 Å². The van der Waals surface area contributed by atoms with Crippen molar-refractivity contribution >= 4 is 30.8 Å². The molecule has 6 atom stereocenters. The largest absolute Gasteiger partial charge is 0.468 e. The summed E-state index contributed by atoms with van der Waals surface area (Å²) >= 11 is 0. The maximum atomic E-state index is 15.7. The number of hydrogen-bond donors (Lipinski definition) is 4. The summed E-state index contributed by atoms with van der Waals surface area (Å²) in [4.78, 5) is 34.2. The number of H-pyrrole nitrogens is 1. The van der Waals surface area contributed by atoms with Gasteiger partial charge in [0.1, 0.15) is 24.0 Å². The molecule has 1 fully saturated rings. The Balaban J connectivity index is 1.57. The van der Waals surface area contributed by atoms with Gasteiger partial charge in [0.15, 0.2) is 23.1 Å². The van der Waals surface area contributed by atoms with E-state index in [9.17, 15) is 19.3 Å². The molecular formula is C21H26FN6O8P. The second-order valence-electron chi connectivity index (χ2n) is 8.47. The molecule has 200 valence electrons. The predicted molar refractivity (Wildman–Crippen MR) is 127 cm³/mol. The van der Waals surface area contributed by atoms with Gasteiger partial charge in [0.2, 0.25) is 5.95 Å². The molecule has 0 spiro atoms. The summed E-state index contributed by atoms with van der Waals surface area (Å²) < 4.78 is 51.7. The number of carbonyl (C=O) groups is 1. The number of imidazole rings is 1. The third-order valence-corrected chi connectivity index (χ3v) is 7.35. The number of nitrogen functional groups attached to an aromatic ring is 1. The fourth-order valence-corrected chi connectivity index (χ4v) is 5.32. The fourth-order valence-electron chi connectivity index (χ4n) is 3.81. The summed E-state index contributed by atoms with van der Waals surface area (Å²) in [7, 11) is -3.12. The quantitative estimate of drug-likeness (QED) is 0.223. The van der Waals surface area contributed by atoms with Crippen LogP contribution in [0, 0.1) is 0 Å². The van der Waals surface area contributed by atoms with Crippen LogP contribution in [-0.4, -0.2) is 68.2 Å². The molecule has 0 amide bonds. The number of aliphatic hydroxyl groups is 1. The van der Waals surface area contributed by atoms with E-state index < -0.39 is 56.0 Å². The van der Waals surface area contributed by atoms with Crippen molar-refractivity contribution in [2.24, 2.45) is 0 Å². The zero-order valence-electron chi connectivity index (χ0n) is 20.0. The monoisotopic (exact) mass is 540 g/mol. The molecule has 0 aliphatic carbocycles. The molecule has 16 heteroatoms. The number of benzene rings is 1. The number of rotatable bonds is 9. The number of methoxy groups -OCH3 is 1. The van der Waals surface area contributed by atoms with Gasteiger partial charge in [-0.25, -0.2) is 13.9 Å². The van der Waals surface area contributed by atoms with Crippen LogP contribution >= 0.6 is 7.75 Å². The second-order valence-corrected chi connectivity index (χ2v) is 10.2. The van der Waals surface area contributed by atoms with E-state index in [4.69, 9.17) is 19.5 Å². The highest BCUT2D eigenvalue weighted by Crippen LogP contribution is 2.48. The molecule has 3 aromatic rings. The number of ether oxygens (including phenoxy) is 2. The Kier molecular flexibility index (Phi) is 7.35. The smallest absolute Gasteiger partial charge is 0.459 e. The SMILES string of the molecule is COC(=O)[C@H](C)NP(=O)(OC[C@H]1O[C@@H](n2cnc3c(=O)[nH]c(N)nc32)[C@](C)(F)[C@@H]1O)Oc1ccccc1. The van der Waals surface area contributed by atoms with Crippen LogP contribution in [0.1, 0.15) is 20.1 Å². The number of nitrogens with zero attached hydrogens (tertiary/aromatic N) is 3. The van der Waals surface area contributed by atoms with Gasteiger partial charge in [-0.15, -0.1) is 0 Å². The van der Waals surface area contributed by atoms with Crippen LogP contribution in [0.15, 0.2) is 41.5 Å². The molecule has 0 saturated carbocycles. The van der Waals surface area contributed by atoms with Crippen molar-refractivity contribution in [3.63, 3.8) is 0 Å². The maximum absolute atomic E-state index is 15.7. The topological polar surface area (TPSA) is 193 Å². The summed E-state index contributed by atoms with van der Waals surface area (Å²) in [6.07, 6.45) is -3.48. The van der Waals surface area contributed by atoms with Crippen molar-refractivity contribution in [1.82, 2.24) is 24.6 Å². The Morgan fingerprint density at radius 3 is 2.81 bits per heavy atom. The minimum absolute atomic E-state index is 0.0597. The average Bonchev–Trinajstić information content (AvgIpc) is 3.36. The van der Waals surface area contributed by atoms with Gasteiger partial charge in [0.25, 0.3) is 5.56 Å². The lowest BCUT2D eigenvalue weighted by atomic mass is 9.98. The molecule has 5 N–H and O–H groups in total. The Hall–Kier alpha value is -3.36. The molecule has 1 aliphatic rings. The molecule has 1 saturated heterocycles. The van der Waals surface area contributed by atoms with Crippen LogP contribution < -0.4 is 20.9 Å². The molecule has 0 bridgehead atoms. The van der Waals surface area contributed by atoms with E-state index in [2.05, 4.69) is 24.8 Å². The number of fused-ring (bicyclic) bond motifs is 1. The summed E-state index contributed by atoms with van der Waals surface area (Å²) in [5, 5.41) is 13.2. The van der Waals surface area contributed by atoms with Crippen LogP contribution in [0.5, 0.6) is 5.75 Å². The first-order valence-corrected chi connectivity index (χ1v) is 12.6. The minimum atomic E-state index is -4.28. The van der Waals surface area contributed by atoms with E-state index in [0.717, 1.165) is 24.9 Å². The number of aliphatic hydroxyl groups excluding tert-OH is 1. The van der Waals surface area contributed by atoms with E-state index in [0.29, 0.717) is 0 Å². The lowest BCUT2D eigenvalue weighted by molar-refractivity contribution is -0.142. The second kappa shape index (κ2) is 10.2. The number of halogens is 1. The normalized spacial score (nSPS) is 26.0. The third kappa shape index (κ3) is 5.36. The molecule has 0 radical (unpaired) electrons. The highest BCUT2D eigenvalue weighted by molar-refractivity contribution is 7.52. The van der Waals surface area contributed by atoms with Crippen LogP contribution in [-0.2, 0) is 23.4 Å². The van der Waals surface area contributed by atoms with Gasteiger partial charge < -0.3 is 24.8 Å². The van der Waals surface area contributed by atoms with E-state index in [1.807, 2.05) is 0 Å². The van der Waals surface area contributed by atoms with Crippen molar-refractivity contribution in [3.8, 4) is 5.75 Å². The van der Waals surface area contributed by atoms with Crippen molar-refractivity contribution in [1.29, 1.82) is 0 Å². The first-order valence-electron chi connectivity index (χ1n) is 11.0. The van der Waals surface area contributed by atoms with Gasteiger partial charge in [0, 0.05) is 0 Å². The summed E-state index contributed by atoms with van der Waals surface area (Å²) in [5.74, 6) is -0.791. The van der Waals surface area contributed by atoms with Crippen LogP contribution in [0.4, 0.5) is 10.3 Å². The highest BCUT2D eigenvalue weighted by atomic mass is 31.2. The minimum Gasteiger partial charge on any atom is -0.468 e. The zero-order valence-corrected chi connectivity index (χ0v) is 20.9. The van der Waals surface area contributed by atoms with Gasteiger partial charge >= 0.3 is 13.7 Å². The molecule has 14 nitrogen and oxygen atoms in total. The molecule has 3 heterocycles. The number of esters is 1. The van der Waals surface area contributed by atoms with Crippen molar-refractivity contribution < 1.29 is 37.4 Å². The van der Waals surface area contributed by atoms with Crippen molar-refractivity contribution in [3.05, 3.63) is 47.0 Å². The number of nitrogens with two attached hydrogens (primary N) is 1. The number of aromatic nitrogens is 4. The lowest BCUT2D eigenvalue weighted by Gasteiger charge is -2.25. The number of carbonyl (C=O) groups excluding carboxylic acids is 1. The van der Waals surface area contributed by atoms with Gasteiger partial charge in [0.05, 0.1) is 20.0 Å².